The van der Waals surface area contributed by atoms with Crippen LogP contribution in [0.3, 0.4) is 0 Å². The minimum atomic E-state index is -0.165. The first-order valence-electron chi connectivity index (χ1n) is 23.1. The lowest BCUT2D eigenvalue weighted by Gasteiger charge is -2.29. The Bertz CT molecular complexity index is 4130. The van der Waals surface area contributed by atoms with E-state index in [0.717, 1.165) is 88.9 Å². The van der Waals surface area contributed by atoms with E-state index in [9.17, 15) is 0 Å². The Morgan fingerprint density at radius 3 is 1.82 bits per heavy atom. The van der Waals surface area contributed by atoms with Crippen molar-refractivity contribution in [1.82, 2.24) is 4.57 Å². The number of fused-ring (bicyclic) bond motifs is 12. The maximum absolute atomic E-state index is 6.74. The Kier molecular flexibility index (Phi) is 8.00. The fourth-order valence-corrected chi connectivity index (χ4v) is 11.2. The highest BCUT2D eigenvalue weighted by atomic mass is 16.3. The van der Waals surface area contributed by atoms with Crippen molar-refractivity contribution >= 4 is 82.7 Å². The number of anilines is 3. The van der Waals surface area contributed by atoms with Gasteiger partial charge < -0.3 is 18.3 Å². The van der Waals surface area contributed by atoms with E-state index in [1.54, 1.807) is 0 Å². The third kappa shape index (κ3) is 5.60. The molecule has 0 saturated heterocycles. The molecular weight excluding hydrogens is 817 g/mol. The molecule has 0 N–H and O–H groups in total. The Hall–Kier alpha value is -8.60. The van der Waals surface area contributed by atoms with Gasteiger partial charge in [0.05, 0.1) is 22.1 Å². The van der Waals surface area contributed by atoms with Crippen LogP contribution in [-0.2, 0) is 5.41 Å². The van der Waals surface area contributed by atoms with Crippen molar-refractivity contribution in [1.29, 1.82) is 0 Å². The zero-order valence-electron chi connectivity index (χ0n) is 37.0. The van der Waals surface area contributed by atoms with E-state index in [1.807, 2.05) is 12.1 Å². The van der Waals surface area contributed by atoms with Gasteiger partial charge in [0.25, 0.3) is 0 Å². The summed E-state index contributed by atoms with van der Waals surface area (Å²) in [5, 5.41) is 6.86. The van der Waals surface area contributed by atoms with Crippen LogP contribution in [0.5, 0.6) is 0 Å². The topological polar surface area (TPSA) is 34.5 Å². The molecule has 0 atom stereocenters. The van der Waals surface area contributed by atoms with Gasteiger partial charge in [-0.05, 0) is 136 Å². The Balaban J connectivity index is 0.951. The quantitative estimate of drug-likeness (QED) is 0.167. The standard InChI is InChI=1S/C63H42N2O2/c1-63(2)52-20-9-6-16-46(52)47-33-32-44(38-53(47)63)64(43-30-26-39(27-31-43)45-19-12-24-59-61(45)49-18-8-11-23-57(49)66-59)56-22-13-25-60-62(56)51-37-41(29-35-58(51)67-60)40-28-34-55-50(36-40)48-17-7-10-21-54(48)65(55)42-14-4-3-5-15-42/h3-38H,1-2H3. The second-order valence-electron chi connectivity index (χ2n) is 18.4. The van der Waals surface area contributed by atoms with E-state index in [-0.39, 0.29) is 5.41 Å². The van der Waals surface area contributed by atoms with Gasteiger partial charge in [-0.3, -0.25) is 0 Å². The number of nitrogens with zero attached hydrogens (tertiary/aromatic N) is 2. The SMILES string of the molecule is CC1(C)c2ccccc2-c2ccc(N(c3ccc(-c4cccc5oc6ccccc6c45)cc3)c3cccc4oc5ccc(-c6ccc7c(c6)c6ccccc6n7-c6ccccc6)cc5c34)cc21. The molecule has 0 bridgehead atoms. The molecule has 0 radical (unpaired) electrons. The zero-order valence-corrected chi connectivity index (χ0v) is 37.0. The van der Waals surface area contributed by atoms with E-state index >= 15 is 0 Å². The molecule has 4 nitrogen and oxygen atoms in total. The fourth-order valence-electron chi connectivity index (χ4n) is 11.2. The lowest BCUT2D eigenvalue weighted by Crippen LogP contribution is -2.16. The van der Waals surface area contributed by atoms with Crippen molar-refractivity contribution in [3.8, 4) is 39.1 Å². The van der Waals surface area contributed by atoms with Gasteiger partial charge >= 0.3 is 0 Å². The zero-order chi connectivity index (χ0) is 44.4. The van der Waals surface area contributed by atoms with Crippen LogP contribution >= 0.6 is 0 Å². The molecular formula is C63H42N2O2. The number of rotatable bonds is 6. The summed E-state index contributed by atoms with van der Waals surface area (Å²) in [5.74, 6) is 0. The molecule has 14 rings (SSSR count). The van der Waals surface area contributed by atoms with Crippen molar-refractivity contribution in [2.24, 2.45) is 0 Å². The van der Waals surface area contributed by atoms with Gasteiger partial charge in [0.1, 0.15) is 22.3 Å². The molecule has 10 aromatic carbocycles. The Labute approximate surface area is 387 Å². The van der Waals surface area contributed by atoms with E-state index < -0.39 is 0 Å². The van der Waals surface area contributed by atoms with Gasteiger partial charge in [-0.2, -0.15) is 0 Å². The van der Waals surface area contributed by atoms with Crippen molar-refractivity contribution in [3.05, 3.63) is 230 Å². The summed E-state index contributed by atoms with van der Waals surface area (Å²) >= 11 is 0. The molecule has 1 aliphatic carbocycles. The van der Waals surface area contributed by atoms with Crippen molar-refractivity contribution < 1.29 is 8.83 Å². The number of hydrogen-bond acceptors (Lipinski definition) is 3. The number of hydrogen-bond donors (Lipinski definition) is 0. The molecule has 67 heavy (non-hydrogen) atoms. The summed E-state index contributed by atoms with van der Waals surface area (Å²) in [6, 6.07) is 78.9. The number of furan rings is 2. The Morgan fingerprint density at radius 2 is 0.970 bits per heavy atom. The highest BCUT2D eigenvalue weighted by Crippen LogP contribution is 2.52. The maximum atomic E-state index is 6.74. The minimum absolute atomic E-state index is 0.165. The summed E-state index contributed by atoms with van der Waals surface area (Å²) in [5.41, 5.74) is 19.9. The lowest BCUT2D eigenvalue weighted by atomic mass is 9.82. The summed E-state index contributed by atoms with van der Waals surface area (Å²) in [7, 11) is 0. The molecule has 3 heterocycles. The van der Waals surface area contributed by atoms with Gasteiger partial charge in [-0.15, -0.1) is 0 Å². The highest BCUT2D eigenvalue weighted by molar-refractivity contribution is 6.16. The van der Waals surface area contributed by atoms with Crippen molar-refractivity contribution in [3.63, 3.8) is 0 Å². The molecule has 0 saturated carbocycles. The molecule has 0 unspecified atom stereocenters. The molecule has 1 aliphatic rings. The van der Waals surface area contributed by atoms with Gasteiger partial charge in [0, 0.05) is 49.4 Å². The molecule has 0 spiro atoms. The third-order valence-corrected chi connectivity index (χ3v) is 14.4. The number of benzene rings is 10. The van der Waals surface area contributed by atoms with E-state index in [4.69, 9.17) is 8.83 Å². The van der Waals surface area contributed by atoms with E-state index in [1.165, 1.54) is 44.1 Å². The first-order valence-corrected chi connectivity index (χ1v) is 23.1. The molecule has 0 amide bonds. The van der Waals surface area contributed by atoms with Crippen LogP contribution in [0.15, 0.2) is 227 Å². The number of aromatic nitrogens is 1. The van der Waals surface area contributed by atoms with Gasteiger partial charge in [0.15, 0.2) is 0 Å². The summed E-state index contributed by atoms with van der Waals surface area (Å²) in [6.07, 6.45) is 0. The van der Waals surface area contributed by atoms with E-state index in [2.05, 4.69) is 230 Å². The lowest BCUT2D eigenvalue weighted by molar-refractivity contribution is 0.660. The Morgan fingerprint density at radius 1 is 0.373 bits per heavy atom. The number of para-hydroxylation sites is 3. The molecule has 13 aromatic rings. The maximum Gasteiger partial charge on any atom is 0.137 e. The smallest absolute Gasteiger partial charge is 0.137 e. The monoisotopic (exact) mass is 858 g/mol. The average Bonchev–Trinajstić information content (AvgIpc) is 4.11. The minimum Gasteiger partial charge on any atom is -0.456 e. The van der Waals surface area contributed by atoms with Crippen LogP contribution in [0.25, 0.3) is 105 Å². The normalized spacial score (nSPS) is 13.0. The second-order valence-corrected chi connectivity index (χ2v) is 18.4. The highest BCUT2D eigenvalue weighted by Gasteiger charge is 2.36. The van der Waals surface area contributed by atoms with Gasteiger partial charge in [-0.1, -0.05) is 141 Å². The average molecular weight is 859 g/mol. The largest absolute Gasteiger partial charge is 0.456 e. The molecule has 0 aliphatic heterocycles. The predicted molar refractivity (Wildman–Crippen MR) is 278 cm³/mol. The first kappa shape index (κ1) is 37.7. The van der Waals surface area contributed by atoms with Crippen LogP contribution in [-0.4, -0.2) is 4.57 Å². The van der Waals surface area contributed by atoms with Crippen LogP contribution in [0.1, 0.15) is 25.0 Å². The second kappa shape index (κ2) is 14.2. The van der Waals surface area contributed by atoms with Crippen LogP contribution in [0.2, 0.25) is 0 Å². The summed E-state index contributed by atoms with van der Waals surface area (Å²) in [6.45, 7) is 4.70. The van der Waals surface area contributed by atoms with Crippen LogP contribution in [0, 0.1) is 0 Å². The molecule has 316 valence electrons. The predicted octanol–water partition coefficient (Wildman–Crippen LogP) is 17.7. The van der Waals surface area contributed by atoms with Crippen molar-refractivity contribution in [2.75, 3.05) is 4.90 Å². The third-order valence-electron chi connectivity index (χ3n) is 14.4. The fraction of sp³-hybridized carbons (Fsp3) is 0.0476. The van der Waals surface area contributed by atoms with Gasteiger partial charge in [-0.25, -0.2) is 0 Å². The van der Waals surface area contributed by atoms with Crippen LogP contribution < -0.4 is 4.90 Å². The summed E-state index contributed by atoms with van der Waals surface area (Å²) in [4.78, 5) is 2.42. The van der Waals surface area contributed by atoms with E-state index in [0.29, 0.717) is 0 Å². The molecule has 0 fully saturated rings. The van der Waals surface area contributed by atoms with Crippen LogP contribution in [0.4, 0.5) is 17.1 Å². The van der Waals surface area contributed by atoms with Crippen molar-refractivity contribution in [2.45, 2.75) is 19.3 Å². The summed E-state index contributed by atoms with van der Waals surface area (Å²) < 4.78 is 15.4. The molecule has 3 aromatic heterocycles. The molecule has 4 heteroatoms. The van der Waals surface area contributed by atoms with Gasteiger partial charge in [0.2, 0.25) is 0 Å². The first-order chi connectivity index (χ1) is 33.0.